The van der Waals surface area contributed by atoms with Crippen molar-refractivity contribution in [3.8, 4) is 0 Å². The molecule has 0 aliphatic carbocycles. The van der Waals surface area contributed by atoms with Crippen molar-refractivity contribution in [2.45, 2.75) is 33.4 Å². The lowest BCUT2D eigenvalue weighted by atomic mass is 10.1. The van der Waals surface area contributed by atoms with Crippen molar-refractivity contribution >= 4 is 28.6 Å². The average molecular weight is 357 g/mol. The number of hydrogen-bond donors (Lipinski definition) is 0. The molecule has 0 radical (unpaired) electrons. The number of oxazole rings is 1. The second-order valence-electron chi connectivity index (χ2n) is 6.21. The van der Waals surface area contributed by atoms with E-state index in [9.17, 15) is 4.79 Å². The molecule has 1 aromatic heterocycles. The highest BCUT2D eigenvalue weighted by atomic mass is 35.5. The minimum Gasteiger partial charge on any atom is -0.439 e. The van der Waals surface area contributed by atoms with Gasteiger partial charge in [0.1, 0.15) is 5.52 Å². The van der Waals surface area contributed by atoms with Crippen LogP contribution < -0.4 is 0 Å². The maximum Gasteiger partial charge on any atom is 0.226 e. The van der Waals surface area contributed by atoms with Crippen molar-refractivity contribution < 1.29 is 9.21 Å². The first-order chi connectivity index (χ1) is 12.1. The molecule has 1 atom stereocenters. The molecular formula is C20H21ClN2O2. The van der Waals surface area contributed by atoms with Gasteiger partial charge in [-0.1, -0.05) is 55.8 Å². The zero-order valence-electron chi connectivity index (χ0n) is 14.4. The molecule has 0 N–H and O–H groups in total. The van der Waals surface area contributed by atoms with Crippen LogP contribution in [0.1, 0.15) is 31.7 Å². The zero-order chi connectivity index (χ0) is 17.8. The van der Waals surface area contributed by atoms with E-state index in [-0.39, 0.29) is 11.8 Å². The average Bonchev–Trinajstić information content (AvgIpc) is 3.02. The largest absolute Gasteiger partial charge is 0.439 e. The van der Waals surface area contributed by atoms with Gasteiger partial charge in [0.15, 0.2) is 5.58 Å². The second kappa shape index (κ2) is 7.70. The van der Waals surface area contributed by atoms with Crippen LogP contribution in [-0.2, 0) is 17.9 Å². The molecule has 4 nitrogen and oxygen atoms in total. The first-order valence-electron chi connectivity index (χ1n) is 8.44. The maximum absolute atomic E-state index is 12.8. The van der Waals surface area contributed by atoms with Gasteiger partial charge in [0.2, 0.25) is 11.8 Å². The summed E-state index contributed by atoms with van der Waals surface area (Å²) in [6, 6.07) is 15.3. The number of rotatable bonds is 6. The van der Waals surface area contributed by atoms with Gasteiger partial charge >= 0.3 is 0 Å². The Balaban J connectivity index is 1.85. The molecule has 0 bridgehead atoms. The van der Waals surface area contributed by atoms with E-state index in [1.165, 1.54) is 0 Å². The van der Waals surface area contributed by atoms with E-state index in [2.05, 4.69) is 4.98 Å². The molecule has 2 aromatic carbocycles. The number of halogens is 1. The summed E-state index contributed by atoms with van der Waals surface area (Å²) in [5.74, 6) is 0.582. The van der Waals surface area contributed by atoms with E-state index in [0.717, 1.165) is 12.0 Å². The third-order valence-corrected chi connectivity index (χ3v) is 4.52. The van der Waals surface area contributed by atoms with Gasteiger partial charge in [-0.05, 0) is 30.2 Å². The van der Waals surface area contributed by atoms with Gasteiger partial charge in [-0.15, -0.1) is 0 Å². The van der Waals surface area contributed by atoms with Gasteiger partial charge in [0.05, 0.1) is 6.54 Å². The van der Waals surface area contributed by atoms with Crippen LogP contribution in [0.2, 0.25) is 5.02 Å². The molecule has 0 saturated carbocycles. The number of carbonyl (C=O) groups excluding carboxylic acids is 1. The molecule has 0 aliphatic rings. The quantitative estimate of drug-likeness (QED) is 0.620. The number of hydrogen-bond acceptors (Lipinski definition) is 3. The minimum absolute atomic E-state index is 0.0393. The number of nitrogens with zero attached hydrogens (tertiary/aromatic N) is 2. The third-order valence-electron chi connectivity index (χ3n) is 4.28. The lowest BCUT2D eigenvalue weighted by Crippen LogP contribution is -2.34. The fraction of sp³-hybridized carbons (Fsp3) is 0.300. The highest BCUT2D eigenvalue weighted by molar-refractivity contribution is 6.31. The van der Waals surface area contributed by atoms with E-state index in [1.54, 1.807) is 23.1 Å². The smallest absolute Gasteiger partial charge is 0.226 e. The SMILES string of the molecule is CCC(C)C(=O)N(Cc1ccccc1)Cc1nc2cc(Cl)ccc2o1. The van der Waals surface area contributed by atoms with E-state index in [0.29, 0.717) is 35.1 Å². The maximum atomic E-state index is 12.8. The van der Waals surface area contributed by atoms with Crippen molar-refractivity contribution in [1.29, 1.82) is 0 Å². The van der Waals surface area contributed by atoms with Crippen LogP contribution in [0.25, 0.3) is 11.1 Å². The standard InChI is InChI=1S/C20H21ClN2O2/c1-3-14(2)20(24)23(12-15-7-5-4-6-8-15)13-19-22-17-11-16(21)9-10-18(17)25-19/h4-11,14H,3,12-13H2,1-2H3. The fourth-order valence-corrected chi connectivity index (χ4v) is 2.85. The highest BCUT2D eigenvalue weighted by Gasteiger charge is 2.22. The fourth-order valence-electron chi connectivity index (χ4n) is 2.68. The van der Waals surface area contributed by atoms with Crippen molar-refractivity contribution in [2.24, 2.45) is 5.92 Å². The van der Waals surface area contributed by atoms with Gasteiger partial charge in [0.25, 0.3) is 0 Å². The van der Waals surface area contributed by atoms with Gasteiger partial charge in [-0.2, -0.15) is 0 Å². The van der Waals surface area contributed by atoms with Gasteiger partial charge in [-0.25, -0.2) is 4.98 Å². The van der Waals surface area contributed by atoms with Crippen LogP contribution in [0.3, 0.4) is 0 Å². The van der Waals surface area contributed by atoms with Crippen LogP contribution in [-0.4, -0.2) is 15.8 Å². The van der Waals surface area contributed by atoms with Gasteiger partial charge < -0.3 is 9.32 Å². The van der Waals surface area contributed by atoms with Crippen LogP contribution in [0.15, 0.2) is 52.9 Å². The predicted molar refractivity (Wildman–Crippen MR) is 99.2 cm³/mol. The molecule has 25 heavy (non-hydrogen) atoms. The van der Waals surface area contributed by atoms with Crippen molar-refractivity contribution in [2.75, 3.05) is 0 Å². The topological polar surface area (TPSA) is 46.3 Å². The zero-order valence-corrected chi connectivity index (χ0v) is 15.2. The molecular weight excluding hydrogens is 336 g/mol. The molecule has 1 heterocycles. The summed E-state index contributed by atoms with van der Waals surface area (Å²) < 4.78 is 5.79. The molecule has 0 fully saturated rings. The number of aromatic nitrogens is 1. The van der Waals surface area contributed by atoms with Crippen LogP contribution in [0.5, 0.6) is 0 Å². The lowest BCUT2D eigenvalue weighted by Gasteiger charge is -2.24. The van der Waals surface area contributed by atoms with Gasteiger partial charge in [0, 0.05) is 17.5 Å². The molecule has 0 spiro atoms. The van der Waals surface area contributed by atoms with Gasteiger partial charge in [-0.3, -0.25) is 4.79 Å². The highest BCUT2D eigenvalue weighted by Crippen LogP contribution is 2.22. The summed E-state index contributed by atoms with van der Waals surface area (Å²) in [6.07, 6.45) is 0.799. The number of carbonyl (C=O) groups is 1. The first-order valence-corrected chi connectivity index (χ1v) is 8.82. The summed E-state index contributed by atoms with van der Waals surface area (Å²) in [4.78, 5) is 19.1. The molecule has 3 aromatic rings. The summed E-state index contributed by atoms with van der Waals surface area (Å²) in [5, 5.41) is 0.615. The Bertz CT molecular complexity index is 861. The van der Waals surface area contributed by atoms with E-state index in [1.807, 2.05) is 44.2 Å². The molecule has 0 aliphatic heterocycles. The summed E-state index contributed by atoms with van der Waals surface area (Å²) in [5.41, 5.74) is 2.46. The van der Waals surface area contributed by atoms with E-state index < -0.39 is 0 Å². The predicted octanol–water partition coefficient (Wildman–Crippen LogP) is 5.06. The van der Waals surface area contributed by atoms with E-state index in [4.69, 9.17) is 16.0 Å². The third kappa shape index (κ3) is 4.20. The molecule has 1 unspecified atom stereocenters. The Morgan fingerprint density at radius 2 is 1.96 bits per heavy atom. The Kier molecular flexibility index (Phi) is 5.39. The molecule has 1 amide bonds. The Hall–Kier alpha value is -2.33. The summed E-state index contributed by atoms with van der Waals surface area (Å²) in [7, 11) is 0. The Morgan fingerprint density at radius 3 is 2.68 bits per heavy atom. The Labute approximate surface area is 152 Å². The monoisotopic (exact) mass is 356 g/mol. The second-order valence-corrected chi connectivity index (χ2v) is 6.65. The molecule has 130 valence electrons. The van der Waals surface area contributed by atoms with E-state index >= 15 is 0 Å². The lowest BCUT2D eigenvalue weighted by molar-refractivity contribution is -0.136. The summed E-state index contributed by atoms with van der Waals surface area (Å²) >= 11 is 6.01. The molecule has 5 heteroatoms. The van der Waals surface area contributed by atoms with Crippen LogP contribution >= 0.6 is 11.6 Å². The van der Waals surface area contributed by atoms with Crippen molar-refractivity contribution in [3.63, 3.8) is 0 Å². The van der Waals surface area contributed by atoms with Crippen LogP contribution in [0.4, 0.5) is 0 Å². The summed E-state index contributed by atoms with van der Waals surface area (Å²) in [6.45, 7) is 4.84. The number of benzene rings is 2. The molecule has 3 rings (SSSR count). The van der Waals surface area contributed by atoms with Crippen molar-refractivity contribution in [1.82, 2.24) is 9.88 Å². The number of amides is 1. The molecule has 0 saturated heterocycles. The first kappa shape index (κ1) is 17.5. The van der Waals surface area contributed by atoms with Crippen molar-refractivity contribution in [3.05, 3.63) is 65.0 Å². The van der Waals surface area contributed by atoms with Crippen LogP contribution in [0, 0.1) is 5.92 Å². The Morgan fingerprint density at radius 1 is 1.20 bits per heavy atom. The number of fused-ring (bicyclic) bond motifs is 1. The normalized spacial score (nSPS) is 12.3. The minimum atomic E-state index is -0.0393.